The smallest absolute Gasteiger partial charge is 0.326 e. The van der Waals surface area contributed by atoms with Crippen LogP contribution in [0.4, 0.5) is 0 Å². The molecule has 0 saturated heterocycles. The number of rotatable bonds is 6. The van der Waals surface area contributed by atoms with E-state index in [0.29, 0.717) is 18.5 Å². The summed E-state index contributed by atoms with van der Waals surface area (Å²) in [6, 6.07) is 4.10. The molecule has 0 aliphatic carbocycles. The van der Waals surface area contributed by atoms with Crippen LogP contribution in [0.5, 0.6) is 0 Å². The first-order chi connectivity index (χ1) is 8.54. The first-order valence-corrected chi connectivity index (χ1v) is 5.63. The van der Waals surface area contributed by atoms with Crippen molar-refractivity contribution in [1.82, 2.24) is 10.3 Å². The molecule has 1 unspecified atom stereocenters. The highest BCUT2D eigenvalue weighted by Crippen LogP contribution is 2.02. The summed E-state index contributed by atoms with van der Waals surface area (Å²) in [5.74, 6) is -1.53. The van der Waals surface area contributed by atoms with Gasteiger partial charge in [0.05, 0.1) is 0 Å². The number of nitrogens with one attached hydrogen (secondary N) is 1. The van der Waals surface area contributed by atoms with Gasteiger partial charge < -0.3 is 10.4 Å². The highest BCUT2D eigenvalue weighted by Gasteiger charge is 2.20. The molecular formula is C13H16N2O3. The van der Waals surface area contributed by atoms with Gasteiger partial charge in [0.15, 0.2) is 0 Å². The molecule has 1 heterocycles. The zero-order chi connectivity index (χ0) is 13.5. The number of pyridine rings is 1. The Morgan fingerprint density at radius 2 is 2.28 bits per heavy atom. The monoisotopic (exact) mass is 248 g/mol. The Morgan fingerprint density at radius 3 is 2.83 bits per heavy atom. The van der Waals surface area contributed by atoms with E-state index in [2.05, 4.69) is 16.9 Å². The van der Waals surface area contributed by atoms with E-state index in [1.165, 1.54) is 0 Å². The molecule has 0 aromatic carbocycles. The second-order valence-corrected chi connectivity index (χ2v) is 3.89. The summed E-state index contributed by atoms with van der Waals surface area (Å²) in [5, 5.41) is 11.4. The van der Waals surface area contributed by atoms with E-state index in [0.717, 1.165) is 0 Å². The van der Waals surface area contributed by atoms with Crippen molar-refractivity contribution in [2.75, 3.05) is 0 Å². The van der Waals surface area contributed by atoms with Crippen molar-refractivity contribution in [1.29, 1.82) is 0 Å². The predicted molar refractivity (Wildman–Crippen MR) is 67.3 cm³/mol. The highest BCUT2D eigenvalue weighted by atomic mass is 16.4. The van der Waals surface area contributed by atoms with Gasteiger partial charge in [-0.3, -0.25) is 4.79 Å². The SMILES string of the molecule is C=CCCC(NC(=O)c1cccc(C)n1)C(=O)O. The summed E-state index contributed by atoms with van der Waals surface area (Å²) in [5.41, 5.74) is 0.931. The molecule has 0 bridgehead atoms. The van der Waals surface area contributed by atoms with Crippen molar-refractivity contribution in [3.05, 3.63) is 42.2 Å². The quantitative estimate of drug-likeness (QED) is 0.748. The van der Waals surface area contributed by atoms with Gasteiger partial charge in [-0.1, -0.05) is 12.1 Å². The number of hydrogen-bond donors (Lipinski definition) is 2. The van der Waals surface area contributed by atoms with Crippen molar-refractivity contribution < 1.29 is 14.7 Å². The summed E-state index contributed by atoms with van der Waals surface area (Å²) >= 11 is 0. The molecule has 1 aromatic rings. The molecule has 18 heavy (non-hydrogen) atoms. The van der Waals surface area contributed by atoms with Gasteiger partial charge in [-0.15, -0.1) is 6.58 Å². The molecule has 96 valence electrons. The van der Waals surface area contributed by atoms with E-state index in [-0.39, 0.29) is 5.69 Å². The normalized spacial score (nSPS) is 11.6. The molecule has 0 saturated carbocycles. The average molecular weight is 248 g/mol. The van der Waals surface area contributed by atoms with Gasteiger partial charge in [0, 0.05) is 5.69 Å². The maximum absolute atomic E-state index is 11.8. The Hall–Kier alpha value is -2.17. The Kier molecular flexibility index (Phi) is 5.05. The maximum Gasteiger partial charge on any atom is 0.326 e. The topological polar surface area (TPSA) is 79.3 Å². The zero-order valence-electron chi connectivity index (χ0n) is 10.2. The van der Waals surface area contributed by atoms with Gasteiger partial charge in [-0.25, -0.2) is 9.78 Å². The predicted octanol–water partition coefficient (Wildman–Crippen LogP) is 1.54. The van der Waals surface area contributed by atoms with Crippen LogP contribution in [-0.2, 0) is 4.79 Å². The second-order valence-electron chi connectivity index (χ2n) is 3.89. The number of carbonyl (C=O) groups is 2. The van der Waals surface area contributed by atoms with E-state index < -0.39 is 17.9 Å². The summed E-state index contributed by atoms with van der Waals surface area (Å²) < 4.78 is 0. The third kappa shape index (κ3) is 4.01. The molecule has 1 amide bonds. The molecule has 1 rings (SSSR count). The van der Waals surface area contributed by atoms with Gasteiger partial charge in [-0.2, -0.15) is 0 Å². The van der Waals surface area contributed by atoms with E-state index in [9.17, 15) is 9.59 Å². The fourth-order valence-electron chi connectivity index (χ4n) is 1.44. The van der Waals surface area contributed by atoms with E-state index in [1.54, 1.807) is 31.2 Å². The van der Waals surface area contributed by atoms with Gasteiger partial charge in [0.25, 0.3) is 5.91 Å². The maximum atomic E-state index is 11.8. The molecule has 1 aromatic heterocycles. The van der Waals surface area contributed by atoms with Gasteiger partial charge >= 0.3 is 5.97 Å². The minimum absolute atomic E-state index is 0.222. The van der Waals surface area contributed by atoms with Crippen LogP contribution in [0, 0.1) is 6.92 Å². The lowest BCUT2D eigenvalue weighted by molar-refractivity contribution is -0.139. The summed E-state index contributed by atoms with van der Waals surface area (Å²) in [7, 11) is 0. The van der Waals surface area contributed by atoms with Gasteiger partial charge in [-0.05, 0) is 31.9 Å². The number of nitrogens with zero attached hydrogens (tertiary/aromatic N) is 1. The third-order valence-corrected chi connectivity index (χ3v) is 2.38. The Labute approximate surface area is 106 Å². The second kappa shape index (κ2) is 6.54. The number of allylic oxidation sites excluding steroid dienone is 1. The first kappa shape index (κ1) is 13.9. The highest BCUT2D eigenvalue weighted by molar-refractivity contribution is 5.94. The van der Waals surface area contributed by atoms with Gasteiger partial charge in [0.2, 0.25) is 0 Å². The third-order valence-electron chi connectivity index (χ3n) is 2.38. The lowest BCUT2D eigenvalue weighted by atomic mass is 10.1. The largest absolute Gasteiger partial charge is 0.480 e. The van der Waals surface area contributed by atoms with Crippen LogP contribution in [-0.4, -0.2) is 28.0 Å². The molecule has 5 heteroatoms. The van der Waals surface area contributed by atoms with Crippen LogP contribution in [0.15, 0.2) is 30.9 Å². The molecule has 0 aliphatic heterocycles. The molecular weight excluding hydrogens is 232 g/mol. The van der Waals surface area contributed by atoms with E-state index in [1.807, 2.05) is 0 Å². The van der Waals surface area contributed by atoms with Crippen molar-refractivity contribution in [2.45, 2.75) is 25.8 Å². The van der Waals surface area contributed by atoms with Crippen molar-refractivity contribution >= 4 is 11.9 Å². The number of aliphatic carboxylic acids is 1. The number of carbonyl (C=O) groups excluding carboxylic acids is 1. The van der Waals surface area contributed by atoms with Crippen LogP contribution < -0.4 is 5.32 Å². The fourth-order valence-corrected chi connectivity index (χ4v) is 1.44. The minimum atomic E-state index is -1.06. The first-order valence-electron chi connectivity index (χ1n) is 5.63. The molecule has 2 N–H and O–H groups in total. The summed E-state index contributed by atoms with van der Waals surface area (Å²) in [6.45, 7) is 5.29. The molecule has 1 atom stereocenters. The standard InChI is InChI=1S/C13H16N2O3/c1-3-4-7-11(13(17)18)15-12(16)10-8-5-6-9(2)14-10/h3,5-6,8,11H,1,4,7H2,2H3,(H,15,16)(H,17,18). The number of carboxylic acid groups (broad SMARTS) is 1. The Balaban J connectivity index is 2.72. The number of hydrogen-bond acceptors (Lipinski definition) is 3. The average Bonchev–Trinajstić information content (AvgIpc) is 2.33. The fraction of sp³-hybridized carbons (Fsp3) is 0.308. The molecule has 0 radical (unpaired) electrons. The number of aromatic nitrogens is 1. The Morgan fingerprint density at radius 1 is 1.56 bits per heavy atom. The lowest BCUT2D eigenvalue weighted by Gasteiger charge is -2.13. The van der Waals surface area contributed by atoms with Crippen LogP contribution in [0.3, 0.4) is 0 Å². The number of carboxylic acids is 1. The number of amides is 1. The van der Waals surface area contributed by atoms with Crippen LogP contribution in [0.1, 0.15) is 29.0 Å². The molecule has 5 nitrogen and oxygen atoms in total. The van der Waals surface area contributed by atoms with Crippen molar-refractivity contribution in [3.8, 4) is 0 Å². The molecule has 0 fully saturated rings. The van der Waals surface area contributed by atoms with Crippen LogP contribution in [0.25, 0.3) is 0 Å². The number of aryl methyl sites for hydroxylation is 1. The summed E-state index contributed by atoms with van der Waals surface area (Å²) in [6.07, 6.45) is 2.46. The van der Waals surface area contributed by atoms with Crippen molar-refractivity contribution in [3.63, 3.8) is 0 Å². The lowest BCUT2D eigenvalue weighted by Crippen LogP contribution is -2.41. The Bertz CT molecular complexity index is 457. The van der Waals surface area contributed by atoms with Gasteiger partial charge in [0.1, 0.15) is 11.7 Å². The molecule has 0 spiro atoms. The van der Waals surface area contributed by atoms with E-state index in [4.69, 9.17) is 5.11 Å². The summed E-state index contributed by atoms with van der Waals surface area (Å²) in [4.78, 5) is 26.8. The van der Waals surface area contributed by atoms with Crippen LogP contribution >= 0.6 is 0 Å². The molecule has 0 aliphatic rings. The zero-order valence-corrected chi connectivity index (χ0v) is 10.2. The van der Waals surface area contributed by atoms with Crippen molar-refractivity contribution in [2.24, 2.45) is 0 Å². The minimum Gasteiger partial charge on any atom is -0.480 e. The van der Waals surface area contributed by atoms with E-state index >= 15 is 0 Å². The van der Waals surface area contributed by atoms with Crippen LogP contribution in [0.2, 0.25) is 0 Å².